The van der Waals surface area contributed by atoms with Crippen molar-refractivity contribution in [1.82, 2.24) is 5.32 Å². The largest absolute Gasteiger partial charge is 0.493 e. The highest BCUT2D eigenvalue weighted by Crippen LogP contribution is 2.28. The normalized spacial score (nSPS) is 11.3. The Bertz CT molecular complexity index is 785. The van der Waals surface area contributed by atoms with Gasteiger partial charge in [0.1, 0.15) is 6.04 Å². The fourth-order valence-corrected chi connectivity index (χ4v) is 2.74. The maximum Gasteiger partial charge on any atom is 0.221 e. The van der Waals surface area contributed by atoms with Gasteiger partial charge in [0.25, 0.3) is 0 Å². The number of hydrogen-bond acceptors (Lipinski definition) is 4. The third-order valence-electron chi connectivity index (χ3n) is 3.81. The van der Waals surface area contributed by atoms with E-state index in [2.05, 4.69) is 27.3 Å². The van der Waals surface area contributed by atoms with Crippen LogP contribution in [0.1, 0.15) is 30.5 Å². The zero-order valence-corrected chi connectivity index (χ0v) is 16.4. The standard InChI is InChI=1S/C20H21BrN2O3/c1-3-26-18-10-4-14(12-19(18)25-2)5-11-20(24)23-17(13-22)15-6-8-16(21)9-7-15/h4,6-10,12,17H,3,5,11H2,1-2H3,(H,23,24). The molecule has 0 fully saturated rings. The number of methoxy groups -OCH3 is 1. The lowest BCUT2D eigenvalue weighted by Gasteiger charge is -2.13. The van der Waals surface area contributed by atoms with E-state index in [9.17, 15) is 10.1 Å². The second-order valence-corrected chi connectivity index (χ2v) is 6.52. The minimum Gasteiger partial charge on any atom is -0.493 e. The van der Waals surface area contributed by atoms with Crippen molar-refractivity contribution in [2.24, 2.45) is 0 Å². The molecule has 0 aliphatic rings. The molecule has 0 aromatic heterocycles. The molecule has 1 N–H and O–H groups in total. The van der Waals surface area contributed by atoms with Gasteiger partial charge in [-0.15, -0.1) is 0 Å². The fraction of sp³-hybridized carbons (Fsp3) is 0.300. The number of carbonyl (C=O) groups excluding carboxylic acids is 1. The molecule has 1 unspecified atom stereocenters. The molecule has 0 radical (unpaired) electrons. The van der Waals surface area contributed by atoms with Crippen LogP contribution < -0.4 is 14.8 Å². The Kier molecular flexibility index (Phi) is 7.49. The van der Waals surface area contributed by atoms with Gasteiger partial charge in [-0.3, -0.25) is 4.79 Å². The predicted octanol–water partition coefficient (Wildman–Crippen LogP) is 4.17. The summed E-state index contributed by atoms with van der Waals surface area (Å²) in [6, 6.07) is 14.4. The second kappa shape index (κ2) is 9.83. The molecule has 1 atom stereocenters. The molecule has 1 amide bonds. The fourth-order valence-electron chi connectivity index (χ4n) is 2.48. The van der Waals surface area contributed by atoms with Crippen LogP contribution in [0.25, 0.3) is 0 Å². The molecular weight excluding hydrogens is 396 g/mol. The molecule has 2 aromatic carbocycles. The Labute approximate surface area is 162 Å². The summed E-state index contributed by atoms with van der Waals surface area (Å²) in [4.78, 5) is 12.2. The van der Waals surface area contributed by atoms with Crippen molar-refractivity contribution in [3.63, 3.8) is 0 Å². The van der Waals surface area contributed by atoms with Crippen LogP contribution >= 0.6 is 15.9 Å². The van der Waals surface area contributed by atoms with E-state index in [0.717, 1.165) is 15.6 Å². The molecule has 6 heteroatoms. The Hall–Kier alpha value is -2.52. The lowest BCUT2D eigenvalue weighted by molar-refractivity contribution is -0.121. The molecule has 0 heterocycles. The topological polar surface area (TPSA) is 71.3 Å². The van der Waals surface area contributed by atoms with Gasteiger partial charge in [-0.1, -0.05) is 34.1 Å². The van der Waals surface area contributed by atoms with Gasteiger partial charge in [0.05, 0.1) is 19.8 Å². The first-order valence-corrected chi connectivity index (χ1v) is 9.10. The van der Waals surface area contributed by atoms with E-state index in [-0.39, 0.29) is 12.3 Å². The SMILES string of the molecule is CCOc1ccc(CCC(=O)NC(C#N)c2ccc(Br)cc2)cc1OC. The van der Waals surface area contributed by atoms with Gasteiger partial charge in [0, 0.05) is 10.9 Å². The average Bonchev–Trinajstić information content (AvgIpc) is 2.66. The van der Waals surface area contributed by atoms with Gasteiger partial charge in [0.2, 0.25) is 5.91 Å². The molecule has 0 spiro atoms. The first kappa shape index (κ1) is 19.8. The summed E-state index contributed by atoms with van der Waals surface area (Å²) in [5.74, 6) is 1.16. The van der Waals surface area contributed by atoms with E-state index in [0.29, 0.717) is 24.5 Å². The number of benzene rings is 2. The van der Waals surface area contributed by atoms with Crippen molar-refractivity contribution < 1.29 is 14.3 Å². The van der Waals surface area contributed by atoms with E-state index in [4.69, 9.17) is 9.47 Å². The molecule has 136 valence electrons. The molecule has 2 rings (SSSR count). The zero-order chi connectivity index (χ0) is 18.9. The number of nitrogens with zero attached hydrogens (tertiary/aromatic N) is 1. The first-order valence-electron chi connectivity index (χ1n) is 8.31. The second-order valence-electron chi connectivity index (χ2n) is 5.60. The molecule has 26 heavy (non-hydrogen) atoms. The van der Waals surface area contributed by atoms with Gasteiger partial charge in [-0.25, -0.2) is 0 Å². The minimum absolute atomic E-state index is 0.174. The summed E-state index contributed by atoms with van der Waals surface area (Å²) in [5.41, 5.74) is 1.73. The number of nitrogens with one attached hydrogen (secondary N) is 1. The molecular formula is C20H21BrN2O3. The molecule has 0 saturated carbocycles. The Morgan fingerprint density at radius 3 is 2.58 bits per heavy atom. The monoisotopic (exact) mass is 416 g/mol. The Balaban J connectivity index is 1.95. The zero-order valence-electron chi connectivity index (χ0n) is 14.8. The lowest BCUT2D eigenvalue weighted by Crippen LogP contribution is -2.27. The van der Waals surface area contributed by atoms with E-state index in [1.807, 2.05) is 49.4 Å². The van der Waals surface area contributed by atoms with Crippen molar-refractivity contribution in [3.05, 3.63) is 58.1 Å². The maximum atomic E-state index is 12.2. The summed E-state index contributed by atoms with van der Waals surface area (Å²) in [6.07, 6.45) is 0.832. The van der Waals surface area contributed by atoms with Crippen LogP contribution in [-0.4, -0.2) is 19.6 Å². The lowest BCUT2D eigenvalue weighted by atomic mass is 10.1. The number of carbonyl (C=O) groups is 1. The molecule has 5 nitrogen and oxygen atoms in total. The molecule has 0 bridgehead atoms. The summed E-state index contributed by atoms with van der Waals surface area (Å²) >= 11 is 3.36. The number of halogens is 1. The van der Waals surface area contributed by atoms with Crippen LogP contribution in [0.3, 0.4) is 0 Å². The first-order chi connectivity index (χ1) is 12.6. The van der Waals surface area contributed by atoms with Crippen molar-refractivity contribution >= 4 is 21.8 Å². The Morgan fingerprint density at radius 1 is 1.23 bits per heavy atom. The van der Waals surface area contributed by atoms with E-state index >= 15 is 0 Å². The molecule has 0 saturated heterocycles. The summed E-state index contributed by atoms with van der Waals surface area (Å²) in [6.45, 7) is 2.47. The highest BCUT2D eigenvalue weighted by molar-refractivity contribution is 9.10. The van der Waals surface area contributed by atoms with Crippen molar-refractivity contribution in [1.29, 1.82) is 5.26 Å². The van der Waals surface area contributed by atoms with Crippen LogP contribution in [0.5, 0.6) is 11.5 Å². The average molecular weight is 417 g/mol. The van der Waals surface area contributed by atoms with Crippen LogP contribution in [0.15, 0.2) is 46.9 Å². The third-order valence-corrected chi connectivity index (χ3v) is 4.34. The van der Waals surface area contributed by atoms with Crippen LogP contribution in [-0.2, 0) is 11.2 Å². The highest BCUT2D eigenvalue weighted by Gasteiger charge is 2.14. The van der Waals surface area contributed by atoms with E-state index in [1.54, 1.807) is 7.11 Å². The van der Waals surface area contributed by atoms with Crippen LogP contribution in [0.4, 0.5) is 0 Å². The van der Waals surface area contributed by atoms with Crippen LogP contribution in [0, 0.1) is 11.3 Å². The molecule has 2 aromatic rings. The number of aryl methyl sites for hydroxylation is 1. The maximum absolute atomic E-state index is 12.2. The number of ether oxygens (including phenoxy) is 2. The summed E-state index contributed by atoms with van der Waals surface area (Å²) in [5, 5.41) is 12.1. The number of rotatable bonds is 8. The smallest absolute Gasteiger partial charge is 0.221 e. The van der Waals surface area contributed by atoms with E-state index < -0.39 is 6.04 Å². The summed E-state index contributed by atoms with van der Waals surface area (Å²) < 4.78 is 11.7. The van der Waals surface area contributed by atoms with Gasteiger partial charge < -0.3 is 14.8 Å². The quantitative estimate of drug-likeness (QED) is 0.700. The molecule has 0 aliphatic heterocycles. The third kappa shape index (κ3) is 5.50. The van der Waals surface area contributed by atoms with E-state index in [1.165, 1.54) is 0 Å². The van der Waals surface area contributed by atoms with Gasteiger partial charge >= 0.3 is 0 Å². The van der Waals surface area contributed by atoms with Gasteiger partial charge in [-0.05, 0) is 48.7 Å². The number of hydrogen-bond donors (Lipinski definition) is 1. The molecule has 0 aliphatic carbocycles. The highest BCUT2D eigenvalue weighted by atomic mass is 79.9. The van der Waals surface area contributed by atoms with Crippen molar-refractivity contribution in [2.75, 3.05) is 13.7 Å². The van der Waals surface area contributed by atoms with Crippen molar-refractivity contribution in [3.8, 4) is 17.6 Å². The number of amides is 1. The summed E-state index contributed by atoms with van der Waals surface area (Å²) in [7, 11) is 1.59. The number of nitriles is 1. The van der Waals surface area contributed by atoms with Crippen LogP contribution in [0.2, 0.25) is 0 Å². The predicted molar refractivity (Wildman–Crippen MR) is 103 cm³/mol. The Morgan fingerprint density at radius 2 is 1.96 bits per heavy atom. The van der Waals surface area contributed by atoms with Gasteiger partial charge in [0.15, 0.2) is 11.5 Å². The van der Waals surface area contributed by atoms with Gasteiger partial charge in [-0.2, -0.15) is 5.26 Å². The minimum atomic E-state index is -0.662. The van der Waals surface area contributed by atoms with Crippen molar-refractivity contribution in [2.45, 2.75) is 25.8 Å².